The summed E-state index contributed by atoms with van der Waals surface area (Å²) in [6, 6.07) is 10.9. The first-order chi connectivity index (χ1) is 18.3. The Labute approximate surface area is 217 Å². The molecule has 0 bridgehead atoms. The van der Waals surface area contributed by atoms with Crippen molar-refractivity contribution in [2.75, 3.05) is 38.5 Å². The molecule has 8 nitrogen and oxygen atoms in total. The van der Waals surface area contributed by atoms with E-state index in [-0.39, 0.29) is 23.4 Å². The molecule has 1 fully saturated rings. The summed E-state index contributed by atoms with van der Waals surface area (Å²) in [4.78, 5) is 21.1. The lowest BCUT2D eigenvalue weighted by atomic mass is 10.0. The first-order valence-corrected chi connectivity index (χ1v) is 12.0. The second-order valence-corrected chi connectivity index (χ2v) is 9.08. The van der Waals surface area contributed by atoms with Crippen molar-refractivity contribution in [3.05, 3.63) is 89.0 Å². The molecule has 1 saturated heterocycles. The number of hydrogen-bond donors (Lipinski definition) is 1. The van der Waals surface area contributed by atoms with Gasteiger partial charge in [-0.1, -0.05) is 23.3 Å². The number of rotatable bonds is 4. The second-order valence-electron chi connectivity index (χ2n) is 9.08. The van der Waals surface area contributed by atoms with Crippen LogP contribution in [0.25, 0.3) is 5.52 Å². The predicted octanol–water partition coefficient (Wildman–Crippen LogP) is 3.54. The van der Waals surface area contributed by atoms with Gasteiger partial charge in [-0.2, -0.15) is 13.2 Å². The number of nitrogens with one attached hydrogen (secondary N) is 1. The fraction of sp³-hybridized carbons (Fsp3) is 0.259. The van der Waals surface area contributed by atoms with Gasteiger partial charge >= 0.3 is 6.18 Å². The minimum atomic E-state index is -4.55. The zero-order valence-corrected chi connectivity index (χ0v) is 20.5. The Morgan fingerprint density at radius 2 is 1.87 bits per heavy atom. The second kappa shape index (κ2) is 10.6. The summed E-state index contributed by atoms with van der Waals surface area (Å²) in [5, 5.41) is 10.6. The lowest BCUT2D eigenvalue weighted by molar-refractivity contribution is -0.138. The van der Waals surface area contributed by atoms with Crippen LogP contribution >= 0.6 is 0 Å². The number of likely N-dealkylation sites (N-methyl/N-ethyl adjacent to an activating group) is 1. The highest BCUT2D eigenvalue weighted by molar-refractivity contribution is 6.04. The number of pyridine rings is 2. The average molecular weight is 520 g/mol. The molecule has 1 aromatic carbocycles. The monoisotopic (exact) mass is 519 g/mol. The third-order valence-electron chi connectivity index (χ3n) is 6.31. The van der Waals surface area contributed by atoms with Crippen molar-refractivity contribution in [1.82, 2.24) is 29.6 Å². The van der Waals surface area contributed by atoms with E-state index in [1.54, 1.807) is 10.7 Å². The van der Waals surface area contributed by atoms with E-state index >= 15 is 0 Å². The Morgan fingerprint density at radius 1 is 1.05 bits per heavy atom. The zero-order chi connectivity index (χ0) is 26.7. The molecule has 0 saturated carbocycles. The minimum Gasteiger partial charge on any atom is -0.322 e. The number of piperazine rings is 1. The van der Waals surface area contributed by atoms with Gasteiger partial charge in [0.2, 0.25) is 0 Å². The van der Waals surface area contributed by atoms with E-state index < -0.39 is 17.6 Å². The van der Waals surface area contributed by atoms with Gasteiger partial charge in [-0.15, -0.1) is 5.10 Å². The number of nitrogens with zero attached hydrogens (tertiary/aromatic N) is 6. The van der Waals surface area contributed by atoms with Gasteiger partial charge in [-0.05, 0) is 48.9 Å². The van der Waals surface area contributed by atoms with Crippen molar-refractivity contribution in [3.63, 3.8) is 0 Å². The molecule has 0 spiro atoms. The first kappa shape index (κ1) is 25.4. The van der Waals surface area contributed by atoms with Gasteiger partial charge in [0.05, 0.1) is 11.1 Å². The van der Waals surface area contributed by atoms with Crippen LogP contribution in [0.4, 0.5) is 18.9 Å². The molecule has 1 amide bonds. The van der Waals surface area contributed by atoms with Gasteiger partial charge in [-0.25, -0.2) is 4.52 Å². The summed E-state index contributed by atoms with van der Waals surface area (Å²) in [5.74, 6) is 5.24. The van der Waals surface area contributed by atoms with E-state index in [0.29, 0.717) is 24.3 Å². The number of carbonyl (C=O) groups is 1. The van der Waals surface area contributed by atoms with Gasteiger partial charge in [0.15, 0.2) is 5.69 Å². The number of amides is 1. The summed E-state index contributed by atoms with van der Waals surface area (Å²) in [7, 11) is 1.99. The molecule has 38 heavy (non-hydrogen) atoms. The Balaban J connectivity index is 1.32. The lowest BCUT2D eigenvalue weighted by Crippen LogP contribution is -2.44. The van der Waals surface area contributed by atoms with Crippen molar-refractivity contribution in [2.45, 2.75) is 12.7 Å². The van der Waals surface area contributed by atoms with Gasteiger partial charge in [-0.3, -0.25) is 14.7 Å². The Morgan fingerprint density at radius 3 is 2.66 bits per heavy atom. The van der Waals surface area contributed by atoms with Gasteiger partial charge in [0.1, 0.15) is 5.52 Å². The Hall–Kier alpha value is -4.27. The van der Waals surface area contributed by atoms with Gasteiger partial charge in [0, 0.05) is 62.6 Å². The highest BCUT2D eigenvalue weighted by Gasteiger charge is 2.34. The van der Waals surface area contributed by atoms with Crippen molar-refractivity contribution >= 4 is 17.1 Å². The first-order valence-electron chi connectivity index (χ1n) is 12.0. The summed E-state index contributed by atoms with van der Waals surface area (Å²) in [5.41, 5.74) is 1.30. The number of aromatic nitrogens is 4. The molecule has 1 N–H and O–H groups in total. The van der Waals surface area contributed by atoms with E-state index in [9.17, 15) is 18.0 Å². The number of hydrogen-bond acceptors (Lipinski definition) is 6. The molecule has 0 unspecified atom stereocenters. The highest BCUT2D eigenvalue weighted by Crippen LogP contribution is 2.34. The minimum absolute atomic E-state index is 0.0523. The number of halogens is 3. The fourth-order valence-corrected chi connectivity index (χ4v) is 4.20. The average Bonchev–Trinajstić information content (AvgIpc) is 3.32. The van der Waals surface area contributed by atoms with Crippen LogP contribution in [0, 0.1) is 11.8 Å². The molecule has 0 aliphatic carbocycles. The SMILES string of the molecule is CN1CCN(Cc2ccc(NC(=O)c3cncc(C#Cc4nnn5ccccc45)c3)cc2C(F)(F)F)CC1. The Kier molecular flexibility index (Phi) is 7.09. The van der Waals surface area contributed by atoms with Crippen molar-refractivity contribution in [3.8, 4) is 11.8 Å². The normalized spacial score (nSPS) is 14.7. The maximum absolute atomic E-state index is 13.9. The van der Waals surface area contributed by atoms with Crippen LogP contribution in [0.1, 0.15) is 32.7 Å². The summed E-state index contributed by atoms with van der Waals surface area (Å²) >= 11 is 0. The standard InChI is InChI=1S/C27H24F3N7O/c1-35-10-12-36(13-11-35)18-20-6-7-22(15-23(20)27(28,29)30)32-26(38)21-14-19(16-31-17-21)5-8-24-25-4-2-3-9-37(25)34-33-24/h2-4,6-7,9,14-17H,10-13,18H2,1H3,(H,32,38). The maximum Gasteiger partial charge on any atom is 0.416 e. The van der Waals surface area contributed by atoms with E-state index in [0.717, 1.165) is 24.7 Å². The Bertz CT molecular complexity index is 1530. The molecule has 4 heterocycles. The molecule has 194 valence electrons. The maximum atomic E-state index is 13.9. The van der Waals surface area contributed by atoms with Gasteiger partial charge < -0.3 is 10.2 Å². The number of carbonyl (C=O) groups excluding carboxylic acids is 1. The van der Waals surface area contributed by atoms with E-state index in [4.69, 9.17) is 0 Å². The van der Waals surface area contributed by atoms with Gasteiger partial charge in [0.25, 0.3) is 5.91 Å². The molecule has 3 aromatic heterocycles. The smallest absolute Gasteiger partial charge is 0.322 e. The van der Waals surface area contributed by atoms with E-state index in [1.165, 1.54) is 30.6 Å². The van der Waals surface area contributed by atoms with Crippen LogP contribution in [0.5, 0.6) is 0 Å². The largest absolute Gasteiger partial charge is 0.416 e. The topological polar surface area (TPSA) is 78.7 Å². The third-order valence-corrected chi connectivity index (χ3v) is 6.31. The number of alkyl halides is 3. The van der Waals surface area contributed by atoms with Crippen LogP contribution in [0.15, 0.2) is 61.1 Å². The van der Waals surface area contributed by atoms with Crippen LogP contribution < -0.4 is 5.32 Å². The summed E-state index contributed by atoms with van der Waals surface area (Å²) in [6.45, 7) is 3.21. The number of benzene rings is 1. The molecule has 1 aliphatic heterocycles. The lowest BCUT2D eigenvalue weighted by Gasteiger charge is -2.33. The molecule has 5 rings (SSSR count). The van der Waals surface area contributed by atoms with E-state index in [2.05, 4.69) is 37.4 Å². The number of fused-ring (bicyclic) bond motifs is 1. The molecule has 1 aliphatic rings. The third kappa shape index (κ3) is 5.82. The molecule has 11 heteroatoms. The zero-order valence-electron chi connectivity index (χ0n) is 20.5. The fourth-order valence-electron chi connectivity index (χ4n) is 4.20. The van der Waals surface area contributed by atoms with Crippen LogP contribution in [-0.4, -0.2) is 68.7 Å². The highest BCUT2D eigenvalue weighted by atomic mass is 19.4. The van der Waals surface area contributed by atoms with Crippen LogP contribution in [0.2, 0.25) is 0 Å². The molecule has 4 aromatic rings. The molecular weight excluding hydrogens is 495 g/mol. The van der Waals surface area contributed by atoms with Crippen LogP contribution in [0.3, 0.4) is 0 Å². The molecule has 0 atom stereocenters. The van der Waals surface area contributed by atoms with Crippen molar-refractivity contribution in [1.29, 1.82) is 0 Å². The summed E-state index contributed by atoms with van der Waals surface area (Å²) < 4.78 is 43.2. The van der Waals surface area contributed by atoms with Crippen molar-refractivity contribution < 1.29 is 18.0 Å². The summed E-state index contributed by atoms with van der Waals surface area (Å²) in [6.07, 6.45) is 0.0277. The molecular formula is C27H24F3N7O. The quantitative estimate of drug-likeness (QED) is 0.416. The van der Waals surface area contributed by atoms with Crippen molar-refractivity contribution in [2.24, 2.45) is 0 Å². The molecule has 0 radical (unpaired) electrons. The number of anilines is 1. The van der Waals surface area contributed by atoms with E-state index in [1.807, 2.05) is 30.1 Å². The predicted molar refractivity (Wildman–Crippen MR) is 135 cm³/mol. The van der Waals surface area contributed by atoms with Crippen LogP contribution in [-0.2, 0) is 12.7 Å².